The van der Waals surface area contributed by atoms with Crippen LogP contribution in [0.1, 0.15) is 23.1 Å². The van der Waals surface area contributed by atoms with Crippen LogP contribution in [0.15, 0.2) is 18.3 Å². The Morgan fingerprint density at radius 2 is 1.78 bits per heavy atom. The van der Waals surface area contributed by atoms with E-state index in [1.54, 1.807) is 0 Å². The van der Waals surface area contributed by atoms with Crippen molar-refractivity contribution >= 4 is 10.9 Å². The van der Waals surface area contributed by atoms with Crippen LogP contribution in [0.5, 0.6) is 0 Å². The number of benzene rings is 1. The number of aryl methyl sites for hydroxylation is 3. The minimum atomic E-state index is 0.149. The molecule has 0 saturated heterocycles. The molecule has 0 saturated carbocycles. The first-order valence-corrected chi connectivity index (χ1v) is 6.48. The Labute approximate surface area is 108 Å². The number of hydrogen-bond donors (Lipinski definition) is 2. The van der Waals surface area contributed by atoms with Crippen molar-refractivity contribution in [2.75, 3.05) is 13.2 Å². The van der Waals surface area contributed by atoms with Gasteiger partial charge in [-0.1, -0.05) is 0 Å². The second-order valence-electron chi connectivity index (χ2n) is 4.85. The molecule has 0 radical (unpaired) electrons. The molecule has 0 amide bonds. The molecule has 2 aromatic rings. The molecule has 2 rings (SSSR count). The van der Waals surface area contributed by atoms with Gasteiger partial charge in [-0.3, -0.25) is 0 Å². The standard InChI is InChI=1S/C15H21NO2/c1-11-8-14-13(4-3-6-17)10-16(5-7-18)15(14)9-12(11)2/h8-10,17-18H,3-7H2,1-2H3. The molecule has 1 heterocycles. The summed E-state index contributed by atoms with van der Waals surface area (Å²) in [5, 5.41) is 19.3. The van der Waals surface area contributed by atoms with Gasteiger partial charge in [0.15, 0.2) is 0 Å². The molecule has 0 aliphatic carbocycles. The summed E-state index contributed by atoms with van der Waals surface area (Å²) in [5.41, 5.74) is 5.00. The molecule has 0 fully saturated rings. The molecule has 1 aromatic carbocycles. The van der Waals surface area contributed by atoms with Crippen LogP contribution in [0.4, 0.5) is 0 Å². The predicted molar refractivity (Wildman–Crippen MR) is 73.9 cm³/mol. The van der Waals surface area contributed by atoms with Gasteiger partial charge in [0.1, 0.15) is 0 Å². The molecule has 0 atom stereocenters. The van der Waals surface area contributed by atoms with Crippen LogP contribution in [-0.2, 0) is 13.0 Å². The lowest BCUT2D eigenvalue weighted by molar-refractivity contribution is 0.277. The number of aliphatic hydroxyl groups is 2. The lowest BCUT2D eigenvalue weighted by Gasteiger charge is -2.05. The zero-order valence-electron chi connectivity index (χ0n) is 11.1. The highest BCUT2D eigenvalue weighted by molar-refractivity contribution is 5.85. The summed E-state index contributed by atoms with van der Waals surface area (Å²) in [6, 6.07) is 4.40. The van der Waals surface area contributed by atoms with Crippen LogP contribution in [-0.4, -0.2) is 28.0 Å². The SMILES string of the molecule is Cc1cc2c(CCCO)cn(CCO)c2cc1C. The molecule has 0 bridgehead atoms. The average molecular weight is 247 g/mol. The Balaban J connectivity index is 2.53. The fourth-order valence-electron chi connectivity index (χ4n) is 2.38. The van der Waals surface area contributed by atoms with E-state index in [2.05, 4.69) is 36.7 Å². The highest BCUT2D eigenvalue weighted by Gasteiger charge is 2.09. The van der Waals surface area contributed by atoms with Gasteiger partial charge in [0.05, 0.1) is 6.61 Å². The van der Waals surface area contributed by atoms with Crippen molar-refractivity contribution in [3.63, 3.8) is 0 Å². The van der Waals surface area contributed by atoms with E-state index >= 15 is 0 Å². The Bertz CT molecular complexity index is 543. The van der Waals surface area contributed by atoms with E-state index in [0.717, 1.165) is 12.8 Å². The maximum absolute atomic E-state index is 9.13. The third kappa shape index (κ3) is 2.42. The molecular weight excluding hydrogens is 226 g/mol. The van der Waals surface area contributed by atoms with Crippen LogP contribution in [0.3, 0.4) is 0 Å². The summed E-state index contributed by atoms with van der Waals surface area (Å²) in [6.07, 6.45) is 3.77. The van der Waals surface area contributed by atoms with E-state index in [-0.39, 0.29) is 13.2 Å². The summed E-state index contributed by atoms with van der Waals surface area (Å²) >= 11 is 0. The molecule has 0 aliphatic heterocycles. The maximum atomic E-state index is 9.13. The maximum Gasteiger partial charge on any atom is 0.0610 e. The molecule has 3 heteroatoms. The monoisotopic (exact) mass is 247 g/mol. The molecule has 0 spiro atoms. The minimum absolute atomic E-state index is 0.149. The molecular formula is C15H21NO2. The molecule has 18 heavy (non-hydrogen) atoms. The molecule has 0 unspecified atom stereocenters. The lowest BCUT2D eigenvalue weighted by Crippen LogP contribution is -2.00. The third-order valence-corrected chi connectivity index (χ3v) is 3.52. The van der Waals surface area contributed by atoms with Crippen molar-refractivity contribution in [2.24, 2.45) is 0 Å². The van der Waals surface area contributed by atoms with Gasteiger partial charge in [-0.05, 0) is 55.5 Å². The lowest BCUT2D eigenvalue weighted by atomic mass is 10.0. The van der Waals surface area contributed by atoms with Gasteiger partial charge < -0.3 is 14.8 Å². The van der Waals surface area contributed by atoms with Crippen molar-refractivity contribution in [2.45, 2.75) is 33.2 Å². The quantitative estimate of drug-likeness (QED) is 0.850. The van der Waals surface area contributed by atoms with Crippen LogP contribution in [0.2, 0.25) is 0 Å². The van der Waals surface area contributed by atoms with E-state index in [0.29, 0.717) is 6.54 Å². The van der Waals surface area contributed by atoms with Gasteiger partial charge in [-0.2, -0.15) is 0 Å². The second-order valence-corrected chi connectivity index (χ2v) is 4.85. The van der Waals surface area contributed by atoms with Crippen molar-refractivity contribution in [3.05, 3.63) is 35.0 Å². The molecule has 0 aliphatic rings. The van der Waals surface area contributed by atoms with Crippen molar-refractivity contribution in [1.29, 1.82) is 0 Å². The first kappa shape index (κ1) is 13.1. The Morgan fingerprint density at radius 3 is 2.44 bits per heavy atom. The summed E-state index contributed by atoms with van der Waals surface area (Å²) in [4.78, 5) is 0. The number of fused-ring (bicyclic) bond motifs is 1. The number of rotatable bonds is 5. The summed E-state index contributed by atoms with van der Waals surface area (Å²) < 4.78 is 2.11. The van der Waals surface area contributed by atoms with Crippen molar-refractivity contribution in [1.82, 2.24) is 4.57 Å². The third-order valence-electron chi connectivity index (χ3n) is 3.52. The molecule has 3 nitrogen and oxygen atoms in total. The molecule has 1 aromatic heterocycles. The topological polar surface area (TPSA) is 45.4 Å². The first-order valence-electron chi connectivity index (χ1n) is 6.48. The van der Waals surface area contributed by atoms with E-state index < -0.39 is 0 Å². The van der Waals surface area contributed by atoms with Crippen LogP contribution >= 0.6 is 0 Å². The highest BCUT2D eigenvalue weighted by Crippen LogP contribution is 2.26. The van der Waals surface area contributed by atoms with Crippen LogP contribution < -0.4 is 0 Å². The zero-order valence-corrected chi connectivity index (χ0v) is 11.1. The predicted octanol–water partition coefficient (Wildman–Crippen LogP) is 2.18. The van der Waals surface area contributed by atoms with Gasteiger partial charge in [0, 0.05) is 30.3 Å². The minimum Gasteiger partial charge on any atom is -0.396 e. The Morgan fingerprint density at radius 1 is 1.06 bits per heavy atom. The van der Waals surface area contributed by atoms with E-state index in [9.17, 15) is 0 Å². The fraction of sp³-hybridized carbons (Fsp3) is 0.467. The fourth-order valence-corrected chi connectivity index (χ4v) is 2.38. The number of aromatic nitrogens is 1. The first-order chi connectivity index (χ1) is 8.67. The Kier molecular flexibility index (Phi) is 4.04. The summed E-state index contributed by atoms with van der Waals surface area (Å²) in [5.74, 6) is 0. The van der Waals surface area contributed by atoms with Crippen LogP contribution in [0.25, 0.3) is 10.9 Å². The second kappa shape index (κ2) is 5.55. The summed E-state index contributed by atoms with van der Waals surface area (Å²) in [7, 11) is 0. The normalized spacial score (nSPS) is 11.3. The van der Waals surface area contributed by atoms with E-state index in [4.69, 9.17) is 10.2 Å². The average Bonchev–Trinajstić information content (AvgIpc) is 2.66. The Hall–Kier alpha value is -1.32. The van der Waals surface area contributed by atoms with Gasteiger partial charge in [-0.15, -0.1) is 0 Å². The van der Waals surface area contributed by atoms with Gasteiger partial charge in [0.25, 0.3) is 0 Å². The van der Waals surface area contributed by atoms with Crippen molar-refractivity contribution in [3.8, 4) is 0 Å². The zero-order chi connectivity index (χ0) is 13.1. The summed E-state index contributed by atoms with van der Waals surface area (Å²) in [6.45, 7) is 5.22. The number of hydrogen-bond acceptors (Lipinski definition) is 2. The van der Waals surface area contributed by atoms with Gasteiger partial charge in [0.2, 0.25) is 0 Å². The highest BCUT2D eigenvalue weighted by atomic mass is 16.3. The van der Waals surface area contributed by atoms with Crippen LogP contribution in [0, 0.1) is 13.8 Å². The van der Waals surface area contributed by atoms with E-state index in [1.165, 1.54) is 27.6 Å². The van der Waals surface area contributed by atoms with Gasteiger partial charge in [-0.25, -0.2) is 0 Å². The van der Waals surface area contributed by atoms with Crippen molar-refractivity contribution < 1.29 is 10.2 Å². The largest absolute Gasteiger partial charge is 0.396 e. The molecule has 2 N–H and O–H groups in total. The molecule has 98 valence electrons. The van der Waals surface area contributed by atoms with Gasteiger partial charge >= 0.3 is 0 Å². The smallest absolute Gasteiger partial charge is 0.0610 e. The number of nitrogens with zero attached hydrogens (tertiary/aromatic N) is 1. The van der Waals surface area contributed by atoms with E-state index in [1.807, 2.05) is 0 Å². The number of aliphatic hydroxyl groups excluding tert-OH is 2.